The molecule has 5 nitrogen and oxygen atoms in total. The number of pyridine rings is 1. The Balaban J connectivity index is 2.30. The summed E-state index contributed by atoms with van der Waals surface area (Å²) >= 11 is 11.3. The largest absolute Gasteiger partial charge is 0.497 e. The van der Waals surface area contributed by atoms with E-state index in [9.17, 15) is 0 Å². The fourth-order valence-electron chi connectivity index (χ4n) is 2.16. The molecule has 0 amide bonds. The first-order valence-corrected chi connectivity index (χ1v) is 6.91. The molecule has 3 rings (SSSR count). The number of fused-ring (bicyclic) bond motifs is 1. The van der Waals surface area contributed by atoms with Gasteiger partial charge in [-0.1, -0.05) is 11.6 Å². The van der Waals surface area contributed by atoms with E-state index in [1.54, 1.807) is 37.1 Å². The number of nitrogens with zero attached hydrogens (tertiary/aromatic N) is 2. The van der Waals surface area contributed by atoms with Crippen LogP contribution in [0.5, 0.6) is 11.5 Å². The van der Waals surface area contributed by atoms with Crippen LogP contribution in [0.15, 0.2) is 30.5 Å². The number of hydrogen-bond donors (Lipinski definition) is 1. The number of H-pyrrole nitrogens is 1. The topological polar surface area (TPSA) is 52.1 Å². The number of methoxy groups -OCH3 is 2. The van der Waals surface area contributed by atoms with Crippen molar-refractivity contribution < 1.29 is 9.47 Å². The van der Waals surface area contributed by atoms with Gasteiger partial charge in [0, 0.05) is 12.3 Å². The highest BCUT2D eigenvalue weighted by Gasteiger charge is 2.13. The number of ether oxygens (including phenoxy) is 2. The summed E-state index contributed by atoms with van der Waals surface area (Å²) in [5, 5.41) is 0.549. The van der Waals surface area contributed by atoms with Crippen molar-refractivity contribution in [1.29, 1.82) is 0 Å². The van der Waals surface area contributed by atoms with Crippen molar-refractivity contribution >= 4 is 35.0 Å². The summed E-state index contributed by atoms with van der Waals surface area (Å²) in [6.07, 6.45) is 1.58. The Hall–Kier alpha value is -2.05. The van der Waals surface area contributed by atoms with Crippen LogP contribution in [-0.4, -0.2) is 28.8 Å². The first-order valence-electron chi connectivity index (χ1n) is 6.12. The fourth-order valence-corrected chi connectivity index (χ4v) is 2.62. The molecule has 21 heavy (non-hydrogen) atoms. The lowest BCUT2D eigenvalue weighted by Gasteiger charge is -2.11. The van der Waals surface area contributed by atoms with Crippen LogP contribution in [0.1, 0.15) is 0 Å². The van der Waals surface area contributed by atoms with Gasteiger partial charge in [-0.05, 0) is 30.4 Å². The molecular formula is C14H12ClN3O2S. The van der Waals surface area contributed by atoms with E-state index in [2.05, 4.69) is 9.97 Å². The molecule has 0 aliphatic carbocycles. The smallest absolute Gasteiger partial charge is 0.184 e. The van der Waals surface area contributed by atoms with Crippen molar-refractivity contribution in [3.05, 3.63) is 40.3 Å². The lowest BCUT2D eigenvalue weighted by Crippen LogP contribution is -1.99. The van der Waals surface area contributed by atoms with Crippen LogP contribution in [0.4, 0.5) is 0 Å². The molecule has 0 unspecified atom stereocenters. The van der Waals surface area contributed by atoms with E-state index >= 15 is 0 Å². The standard InChI is InChI=1S/C14H12ClN3O2S/c1-19-9-3-4-11(12(6-9)20-2)18-13-10(17-14(18)21)5-8(15)7-16-13/h3-7H,1-2H3,(H,17,21). The van der Waals surface area contributed by atoms with Gasteiger partial charge >= 0.3 is 0 Å². The minimum atomic E-state index is 0.517. The highest BCUT2D eigenvalue weighted by atomic mass is 35.5. The van der Waals surface area contributed by atoms with Crippen molar-refractivity contribution in [2.24, 2.45) is 0 Å². The van der Waals surface area contributed by atoms with Gasteiger partial charge in [-0.25, -0.2) is 4.98 Å². The second-order valence-corrected chi connectivity index (χ2v) is 5.15. The van der Waals surface area contributed by atoms with Gasteiger partial charge < -0.3 is 14.5 Å². The molecule has 0 atom stereocenters. The lowest BCUT2D eigenvalue weighted by atomic mass is 10.2. The van der Waals surface area contributed by atoms with Crippen molar-refractivity contribution in [3.8, 4) is 17.2 Å². The third-order valence-electron chi connectivity index (χ3n) is 3.12. The zero-order valence-corrected chi connectivity index (χ0v) is 13.0. The summed E-state index contributed by atoms with van der Waals surface area (Å²) in [4.78, 5) is 7.43. The second kappa shape index (κ2) is 5.38. The number of benzene rings is 1. The van der Waals surface area contributed by atoms with Gasteiger partial charge in [0.05, 0.1) is 30.4 Å². The van der Waals surface area contributed by atoms with Gasteiger partial charge in [0.2, 0.25) is 0 Å². The average molecular weight is 322 g/mol. The summed E-state index contributed by atoms with van der Waals surface area (Å²) < 4.78 is 13.0. The Labute approximate surface area is 131 Å². The van der Waals surface area contributed by atoms with Crippen molar-refractivity contribution in [1.82, 2.24) is 14.5 Å². The van der Waals surface area contributed by atoms with Gasteiger partial charge in [0.25, 0.3) is 0 Å². The molecule has 0 saturated heterocycles. The van der Waals surface area contributed by atoms with E-state index in [0.29, 0.717) is 26.9 Å². The van der Waals surface area contributed by atoms with Gasteiger partial charge in [-0.3, -0.25) is 4.57 Å². The molecule has 0 spiro atoms. The lowest BCUT2D eigenvalue weighted by molar-refractivity contribution is 0.393. The Morgan fingerprint density at radius 3 is 2.76 bits per heavy atom. The molecule has 2 heterocycles. The average Bonchev–Trinajstić information content (AvgIpc) is 2.81. The van der Waals surface area contributed by atoms with E-state index in [1.807, 2.05) is 12.1 Å². The molecule has 0 radical (unpaired) electrons. The normalized spacial score (nSPS) is 10.8. The van der Waals surface area contributed by atoms with Crippen molar-refractivity contribution in [2.45, 2.75) is 0 Å². The van der Waals surface area contributed by atoms with Gasteiger partial charge in [-0.15, -0.1) is 0 Å². The number of aromatic amines is 1. The van der Waals surface area contributed by atoms with Gasteiger partial charge in [0.15, 0.2) is 10.4 Å². The summed E-state index contributed by atoms with van der Waals surface area (Å²) in [5.74, 6) is 1.35. The number of nitrogens with one attached hydrogen (secondary N) is 1. The SMILES string of the molecule is COc1ccc(-n2c(=S)[nH]c3cc(Cl)cnc32)c(OC)c1. The number of halogens is 1. The van der Waals surface area contributed by atoms with Gasteiger partial charge in [0.1, 0.15) is 11.5 Å². The summed E-state index contributed by atoms with van der Waals surface area (Å²) in [5.41, 5.74) is 2.24. The zero-order chi connectivity index (χ0) is 15.0. The quantitative estimate of drug-likeness (QED) is 0.746. The minimum absolute atomic E-state index is 0.517. The molecule has 108 valence electrons. The van der Waals surface area contributed by atoms with Crippen LogP contribution in [0, 0.1) is 4.77 Å². The minimum Gasteiger partial charge on any atom is -0.497 e. The van der Waals surface area contributed by atoms with E-state index in [0.717, 1.165) is 11.2 Å². The maximum Gasteiger partial charge on any atom is 0.184 e. The Morgan fingerprint density at radius 2 is 2.05 bits per heavy atom. The maximum absolute atomic E-state index is 5.96. The molecule has 3 aromatic rings. The number of rotatable bonds is 3. The van der Waals surface area contributed by atoms with E-state index in [1.165, 1.54) is 0 Å². The predicted molar refractivity (Wildman–Crippen MR) is 84.4 cm³/mol. The second-order valence-electron chi connectivity index (χ2n) is 4.33. The van der Waals surface area contributed by atoms with Crippen LogP contribution in [0.3, 0.4) is 0 Å². The van der Waals surface area contributed by atoms with E-state index < -0.39 is 0 Å². The highest BCUT2D eigenvalue weighted by molar-refractivity contribution is 7.71. The Morgan fingerprint density at radius 1 is 1.24 bits per heavy atom. The molecule has 0 fully saturated rings. The Bertz CT molecular complexity index is 872. The highest BCUT2D eigenvalue weighted by Crippen LogP contribution is 2.30. The summed E-state index contributed by atoms with van der Waals surface area (Å²) in [6, 6.07) is 7.30. The van der Waals surface area contributed by atoms with Crippen LogP contribution in [0.25, 0.3) is 16.9 Å². The van der Waals surface area contributed by atoms with Crippen LogP contribution < -0.4 is 9.47 Å². The summed E-state index contributed by atoms with van der Waals surface area (Å²) in [7, 11) is 3.20. The molecule has 1 aromatic carbocycles. The first-order chi connectivity index (χ1) is 10.1. The zero-order valence-electron chi connectivity index (χ0n) is 11.4. The molecule has 2 aromatic heterocycles. The van der Waals surface area contributed by atoms with Gasteiger partial charge in [-0.2, -0.15) is 0 Å². The van der Waals surface area contributed by atoms with E-state index in [4.69, 9.17) is 33.3 Å². The first kappa shape index (κ1) is 13.9. The number of aromatic nitrogens is 3. The molecule has 1 N–H and O–H groups in total. The molecular weight excluding hydrogens is 310 g/mol. The maximum atomic E-state index is 5.96. The third-order valence-corrected chi connectivity index (χ3v) is 3.61. The third kappa shape index (κ3) is 2.36. The van der Waals surface area contributed by atoms with E-state index in [-0.39, 0.29) is 0 Å². The van der Waals surface area contributed by atoms with Crippen LogP contribution in [0.2, 0.25) is 5.02 Å². The number of hydrogen-bond acceptors (Lipinski definition) is 4. The Kier molecular flexibility index (Phi) is 3.57. The molecule has 0 aliphatic heterocycles. The fraction of sp³-hybridized carbons (Fsp3) is 0.143. The van der Waals surface area contributed by atoms with Crippen molar-refractivity contribution in [2.75, 3.05) is 14.2 Å². The molecule has 0 bridgehead atoms. The molecule has 7 heteroatoms. The molecule has 0 aliphatic rings. The predicted octanol–water partition coefficient (Wildman–Crippen LogP) is 3.75. The summed E-state index contributed by atoms with van der Waals surface area (Å²) in [6.45, 7) is 0. The number of imidazole rings is 1. The van der Waals surface area contributed by atoms with Crippen LogP contribution >= 0.6 is 23.8 Å². The monoisotopic (exact) mass is 321 g/mol. The molecule has 0 saturated carbocycles. The van der Waals surface area contributed by atoms with Crippen molar-refractivity contribution in [3.63, 3.8) is 0 Å². The van der Waals surface area contributed by atoms with Crippen LogP contribution in [-0.2, 0) is 0 Å².